The Labute approximate surface area is 217 Å². The first-order valence-electron chi connectivity index (χ1n) is 11.8. The number of benzene rings is 1. The molecule has 0 bridgehead atoms. The zero-order chi connectivity index (χ0) is 21.0. The van der Waals surface area contributed by atoms with Gasteiger partial charge in [0.15, 0.2) is 0 Å². The Kier molecular flexibility index (Phi) is 13.2. The van der Waals surface area contributed by atoms with Gasteiger partial charge >= 0.3 is 193 Å². The molecule has 2 aliphatic carbocycles. The molecular formula is C27H39Cl2PZr. The number of halogens is 2. The molecule has 0 aromatic heterocycles. The minimum absolute atomic E-state index is 0. The van der Waals surface area contributed by atoms with E-state index in [0.717, 1.165) is 20.9 Å². The van der Waals surface area contributed by atoms with Gasteiger partial charge in [-0.05, 0) is 0 Å². The predicted molar refractivity (Wildman–Crippen MR) is 128 cm³/mol. The van der Waals surface area contributed by atoms with E-state index in [4.69, 9.17) is 0 Å². The van der Waals surface area contributed by atoms with Crippen LogP contribution in [0.2, 0.25) is 0 Å². The molecule has 0 aliphatic heterocycles. The van der Waals surface area contributed by atoms with E-state index in [0.29, 0.717) is 0 Å². The van der Waals surface area contributed by atoms with Crippen molar-refractivity contribution >= 4 is 14.0 Å². The molecule has 0 spiro atoms. The topological polar surface area (TPSA) is 0 Å². The number of rotatable bonds is 10. The molecular weight excluding hydrogens is 517 g/mol. The smallest absolute Gasteiger partial charge is 1.00 e. The fourth-order valence-corrected chi connectivity index (χ4v) is 14.0. The molecule has 0 fully saturated rings. The summed E-state index contributed by atoms with van der Waals surface area (Å²) >= 11 is -0.711. The molecule has 0 nitrogen and oxygen atoms in total. The summed E-state index contributed by atoms with van der Waals surface area (Å²) in [7, 11) is -0.0660. The summed E-state index contributed by atoms with van der Waals surface area (Å²) in [4.78, 5) is 0. The van der Waals surface area contributed by atoms with Crippen LogP contribution in [0.25, 0.3) is 6.08 Å². The maximum atomic E-state index is 2.64. The number of hydrogen-bond donors (Lipinski definition) is 0. The van der Waals surface area contributed by atoms with Crippen LogP contribution in [-0.4, -0.2) is 11.3 Å². The Morgan fingerprint density at radius 3 is 2.26 bits per heavy atom. The minimum Gasteiger partial charge on any atom is -1.00 e. The SMILES string of the molecule is CCCC(C)C1=[C]([Zr+2][CH]2C(P(C(C)CC)C(C)CC)=Cc3ccccc32)CC=C1.[Cl-].[Cl-]. The third kappa shape index (κ3) is 6.69. The minimum atomic E-state index is -0.711. The monoisotopic (exact) mass is 554 g/mol. The molecule has 1 aromatic carbocycles. The van der Waals surface area contributed by atoms with Gasteiger partial charge in [0, 0.05) is 0 Å². The Balaban J connectivity index is 0.00000240. The molecule has 4 unspecified atom stereocenters. The van der Waals surface area contributed by atoms with Gasteiger partial charge in [-0.1, -0.05) is 0 Å². The summed E-state index contributed by atoms with van der Waals surface area (Å²) in [6.45, 7) is 14.6. The standard InChI is InChI=1S/C17H24P.C10H15.2ClH.Zr/c1-5-13(3)18(14(4)6-2)17-11-15-9-7-8-10-16(15)12-17;1-3-6-9(2)10-7-4-5-8-10;;;/h7-14H,5-6H2,1-4H3;4,7,9H,3,5-6H2,1-2H3;2*1H;/q;;;;+2/p-2. The van der Waals surface area contributed by atoms with Gasteiger partial charge in [-0.3, -0.25) is 0 Å². The van der Waals surface area contributed by atoms with Crippen LogP contribution in [0.4, 0.5) is 0 Å². The maximum Gasteiger partial charge on any atom is -1.00 e. The van der Waals surface area contributed by atoms with Crippen molar-refractivity contribution in [3.63, 3.8) is 0 Å². The van der Waals surface area contributed by atoms with Gasteiger partial charge in [0.2, 0.25) is 0 Å². The maximum absolute atomic E-state index is 2.64. The van der Waals surface area contributed by atoms with E-state index in [-0.39, 0.29) is 32.7 Å². The molecule has 1 aromatic rings. The molecule has 3 rings (SSSR count). The molecule has 0 heterocycles. The van der Waals surface area contributed by atoms with Crippen LogP contribution in [-0.2, 0) is 23.2 Å². The Bertz CT molecular complexity index is 788. The van der Waals surface area contributed by atoms with Crippen LogP contribution in [0.1, 0.15) is 88.4 Å². The van der Waals surface area contributed by atoms with Crippen molar-refractivity contribution in [1.82, 2.24) is 0 Å². The van der Waals surface area contributed by atoms with E-state index in [1.807, 2.05) is 8.60 Å². The van der Waals surface area contributed by atoms with Crippen molar-refractivity contribution in [2.75, 3.05) is 0 Å². The van der Waals surface area contributed by atoms with Crippen molar-refractivity contribution in [2.24, 2.45) is 5.92 Å². The van der Waals surface area contributed by atoms with E-state index in [9.17, 15) is 0 Å². The van der Waals surface area contributed by atoms with Gasteiger partial charge in [0.25, 0.3) is 0 Å². The summed E-state index contributed by atoms with van der Waals surface area (Å²) in [5.74, 6) is 0.740. The zero-order valence-corrected chi connectivity index (χ0v) is 25.0. The van der Waals surface area contributed by atoms with Crippen LogP contribution in [0.5, 0.6) is 0 Å². The molecule has 0 saturated heterocycles. The van der Waals surface area contributed by atoms with Crippen LogP contribution in [0.3, 0.4) is 0 Å². The predicted octanol–water partition coefficient (Wildman–Crippen LogP) is 2.90. The van der Waals surface area contributed by atoms with Gasteiger partial charge in [-0.2, -0.15) is 0 Å². The third-order valence-electron chi connectivity index (χ3n) is 6.87. The molecule has 4 heteroatoms. The zero-order valence-electron chi connectivity index (χ0n) is 20.1. The van der Waals surface area contributed by atoms with Crippen molar-refractivity contribution in [3.8, 4) is 0 Å². The first-order chi connectivity index (χ1) is 14.0. The third-order valence-corrected chi connectivity index (χ3v) is 15.4. The second-order valence-electron chi connectivity index (χ2n) is 8.93. The van der Waals surface area contributed by atoms with Crippen molar-refractivity contribution in [2.45, 2.75) is 88.6 Å². The van der Waals surface area contributed by atoms with Crippen LogP contribution in [0.15, 0.2) is 50.6 Å². The first kappa shape index (κ1) is 29.4. The summed E-state index contributed by atoms with van der Waals surface area (Å²) in [6, 6.07) is 9.33. The average molecular weight is 557 g/mol. The van der Waals surface area contributed by atoms with Crippen LogP contribution >= 0.6 is 7.92 Å². The molecule has 2 aliphatic rings. The molecule has 0 amide bonds. The second-order valence-corrected chi connectivity index (χ2v) is 15.6. The van der Waals surface area contributed by atoms with E-state index in [1.54, 1.807) is 11.1 Å². The average Bonchev–Trinajstić information content (AvgIpc) is 3.33. The first-order valence-corrected chi connectivity index (χ1v) is 15.9. The molecule has 31 heavy (non-hydrogen) atoms. The summed E-state index contributed by atoms with van der Waals surface area (Å²) in [5.41, 5.74) is 6.57. The number of allylic oxidation sites excluding steroid dienone is 5. The Morgan fingerprint density at radius 2 is 1.65 bits per heavy atom. The summed E-state index contributed by atoms with van der Waals surface area (Å²) < 4.78 is 2.65. The molecule has 170 valence electrons. The van der Waals surface area contributed by atoms with Gasteiger partial charge in [0.1, 0.15) is 0 Å². The Morgan fingerprint density at radius 1 is 1.00 bits per heavy atom. The van der Waals surface area contributed by atoms with Crippen LogP contribution < -0.4 is 24.8 Å². The molecule has 0 N–H and O–H groups in total. The van der Waals surface area contributed by atoms with Crippen molar-refractivity contribution in [3.05, 3.63) is 61.7 Å². The normalized spacial score (nSPS) is 20.7. The molecule has 0 radical (unpaired) electrons. The van der Waals surface area contributed by atoms with Gasteiger partial charge in [0.05, 0.1) is 0 Å². The van der Waals surface area contributed by atoms with Gasteiger partial charge in [-0.25, -0.2) is 0 Å². The fraction of sp³-hybridized carbons (Fsp3) is 0.556. The van der Waals surface area contributed by atoms with Crippen molar-refractivity contribution < 1.29 is 48.0 Å². The summed E-state index contributed by atoms with van der Waals surface area (Å²) in [5, 5.41) is 1.86. The van der Waals surface area contributed by atoms with E-state index in [1.165, 1.54) is 37.7 Å². The molecule has 4 atom stereocenters. The van der Waals surface area contributed by atoms with Gasteiger partial charge < -0.3 is 24.8 Å². The second kappa shape index (κ2) is 13.9. The van der Waals surface area contributed by atoms with E-state index >= 15 is 0 Å². The quantitative estimate of drug-likeness (QED) is 0.389. The number of fused-ring (bicyclic) bond motifs is 1. The van der Waals surface area contributed by atoms with Gasteiger partial charge in [-0.15, -0.1) is 0 Å². The van der Waals surface area contributed by atoms with E-state index < -0.39 is 23.2 Å². The largest absolute Gasteiger partial charge is 1.00 e. The molecule has 0 saturated carbocycles. The number of hydrogen-bond acceptors (Lipinski definition) is 0. The fourth-order valence-electron chi connectivity index (χ4n) is 4.91. The van der Waals surface area contributed by atoms with Crippen molar-refractivity contribution in [1.29, 1.82) is 0 Å². The van der Waals surface area contributed by atoms with E-state index in [2.05, 4.69) is 84.0 Å². The summed E-state index contributed by atoms with van der Waals surface area (Å²) in [6.07, 6.45) is 14.1. The van der Waals surface area contributed by atoms with Crippen LogP contribution in [0, 0.1) is 5.92 Å². The Hall–Kier alpha value is 0.333.